The standard InChI is InChI=1S/C13H20N2O2S/c1-9-10(5-4-6-11(9)14)12(16)15-7-13(2,17)8-18-3/h4-6,17H,7-8,14H2,1-3H3,(H,15,16). The van der Waals surface area contributed by atoms with Crippen molar-refractivity contribution in [3.05, 3.63) is 29.3 Å². The van der Waals surface area contributed by atoms with Gasteiger partial charge in [0.25, 0.3) is 5.91 Å². The molecule has 0 saturated carbocycles. The van der Waals surface area contributed by atoms with Gasteiger partial charge in [-0.1, -0.05) is 6.07 Å². The Morgan fingerprint density at radius 1 is 1.56 bits per heavy atom. The summed E-state index contributed by atoms with van der Waals surface area (Å²) in [4.78, 5) is 12.0. The van der Waals surface area contributed by atoms with Gasteiger partial charge in [0.05, 0.1) is 5.60 Å². The maximum Gasteiger partial charge on any atom is 0.251 e. The fourth-order valence-corrected chi connectivity index (χ4v) is 2.35. The van der Waals surface area contributed by atoms with E-state index in [1.165, 1.54) is 0 Å². The Hall–Kier alpha value is -1.20. The van der Waals surface area contributed by atoms with Crippen LogP contribution in [-0.2, 0) is 0 Å². The van der Waals surface area contributed by atoms with Crippen molar-refractivity contribution in [2.24, 2.45) is 0 Å². The van der Waals surface area contributed by atoms with Gasteiger partial charge in [-0.25, -0.2) is 0 Å². The van der Waals surface area contributed by atoms with Crippen molar-refractivity contribution in [1.82, 2.24) is 5.32 Å². The molecule has 1 aromatic rings. The number of nitrogens with two attached hydrogens (primary N) is 1. The van der Waals surface area contributed by atoms with Crippen LogP contribution in [-0.4, -0.2) is 35.2 Å². The summed E-state index contributed by atoms with van der Waals surface area (Å²) in [5.41, 5.74) is 6.77. The van der Waals surface area contributed by atoms with Crippen LogP contribution < -0.4 is 11.1 Å². The summed E-state index contributed by atoms with van der Waals surface area (Å²) in [5.74, 6) is 0.365. The molecular formula is C13H20N2O2S. The second kappa shape index (κ2) is 6.11. The van der Waals surface area contributed by atoms with Crippen molar-refractivity contribution in [3.8, 4) is 0 Å². The summed E-state index contributed by atoms with van der Waals surface area (Å²) in [7, 11) is 0. The molecule has 0 aliphatic rings. The van der Waals surface area contributed by atoms with Gasteiger partial charge in [0.1, 0.15) is 0 Å². The molecule has 0 aliphatic carbocycles. The average Bonchev–Trinajstić information content (AvgIpc) is 2.30. The summed E-state index contributed by atoms with van der Waals surface area (Å²) < 4.78 is 0. The zero-order valence-electron chi connectivity index (χ0n) is 11.0. The number of thioether (sulfide) groups is 1. The van der Waals surface area contributed by atoms with Crippen LogP contribution in [0.3, 0.4) is 0 Å². The first kappa shape index (κ1) is 14.9. The summed E-state index contributed by atoms with van der Waals surface area (Å²) in [6, 6.07) is 5.23. The van der Waals surface area contributed by atoms with E-state index in [0.717, 1.165) is 5.56 Å². The summed E-state index contributed by atoms with van der Waals surface area (Å²) in [5, 5.41) is 12.7. The Morgan fingerprint density at radius 2 is 2.22 bits per heavy atom. The molecule has 1 aromatic carbocycles. The molecule has 0 saturated heterocycles. The van der Waals surface area contributed by atoms with Crippen molar-refractivity contribution in [2.45, 2.75) is 19.4 Å². The van der Waals surface area contributed by atoms with Crippen LogP contribution in [0.1, 0.15) is 22.8 Å². The Labute approximate surface area is 112 Å². The predicted molar refractivity (Wildman–Crippen MR) is 76.9 cm³/mol. The van der Waals surface area contributed by atoms with E-state index in [-0.39, 0.29) is 12.5 Å². The third-order valence-electron chi connectivity index (χ3n) is 2.71. The number of amides is 1. The molecule has 1 unspecified atom stereocenters. The van der Waals surface area contributed by atoms with E-state index in [4.69, 9.17) is 5.73 Å². The lowest BCUT2D eigenvalue weighted by Gasteiger charge is -2.22. The molecule has 0 spiro atoms. The van der Waals surface area contributed by atoms with Gasteiger partial charge in [-0.2, -0.15) is 11.8 Å². The fourth-order valence-electron chi connectivity index (χ4n) is 1.63. The van der Waals surface area contributed by atoms with Crippen LogP contribution in [0.25, 0.3) is 0 Å². The molecule has 1 atom stereocenters. The number of nitrogen functional groups attached to an aromatic ring is 1. The van der Waals surface area contributed by atoms with E-state index in [1.807, 2.05) is 13.2 Å². The molecule has 1 amide bonds. The molecule has 0 aromatic heterocycles. The minimum Gasteiger partial charge on any atom is -0.398 e. The Morgan fingerprint density at radius 3 is 2.83 bits per heavy atom. The summed E-state index contributed by atoms with van der Waals surface area (Å²) >= 11 is 1.54. The van der Waals surface area contributed by atoms with Crippen LogP contribution in [0.15, 0.2) is 18.2 Å². The Kier molecular flexibility index (Phi) is 5.04. The second-order valence-electron chi connectivity index (χ2n) is 4.63. The topological polar surface area (TPSA) is 75.3 Å². The van der Waals surface area contributed by atoms with Gasteiger partial charge in [-0.3, -0.25) is 4.79 Å². The third kappa shape index (κ3) is 3.92. The number of hydrogen-bond acceptors (Lipinski definition) is 4. The molecule has 0 radical (unpaired) electrons. The van der Waals surface area contributed by atoms with Crippen LogP contribution in [0.5, 0.6) is 0 Å². The van der Waals surface area contributed by atoms with Crippen LogP contribution in [0.4, 0.5) is 5.69 Å². The van der Waals surface area contributed by atoms with Gasteiger partial charge >= 0.3 is 0 Å². The van der Waals surface area contributed by atoms with Crippen molar-refractivity contribution in [1.29, 1.82) is 0 Å². The highest BCUT2D eigenvalue weighted by Crippen LogP contribution is 2.16. The number of carbonyl (C=O) groups is 1. The molecule has 0 fully saturated rings. The van der Waals surface area contributed by atoms with Gasteiger partial charge in [-0.15, -0.1) is 0 Å². The van der Waals surface area contributed by atoms with Gasteiger partial charge in [0, 0.05) is 23.5 Å². The third-order valence-corrected chi connectivity index (χ3v) is 3.62. The molecule has 1 rings (SSSR count). The number of anilines is 1. The molecule has 0 bridgehead atoms. The number of nitrogens with one attached hydrogen (secondary N) is 1. The molecule has 100 valence electrons. The summed E-state index contributed by atoms with van der Waals surface area (Å²) in [6.45, 7) is 3.74. The van der Waals surface area contributed by atoms with E-state index in [1.54, 1.807) is 36.9 Å². The van der Waals surface area contributed by atoms with Crippen molar-refractivity contribution in [3.63, 3.8) is 0 Å². The Bertz CT molecular complexity index is 433. The lowest BCUT2D eigenvalue weighted by atomic mass is 10.1. The van der Waals surface area contributed by atoms with Crippen molar-refractivity contribution < 1.29 is 9.90 Å². The first-order chi connectivity index (χ1) is 8.37. The van der Waals surface area contributed by atoms with Crippen LogP contribution >= 0.6 is 11.8 Å². The van der Waals surface area contributed by atoms with E-state index >= 15 is 0 Å². The highest BCUT2D eigenvalue weighted by molar-refractivity contribution is 7.98. The van der Waals surface area contributed by atoms with Crippen molar-refractivity contribution in [2.75, 3.05) is 24.3 Å². The van der Waals surface area contributed by atoms with Crippen molar-refractivity contribution >= 4 is 23.4 Å². The highest BCUT2D eigenvalue weighted by Gasteiger charge is 2.21. The molecule has 18 heavy (non-hydrogen) atoms. The van der Waals surface area contributed by atoms with Gasteiger partial charge in [-0.05, 0) is 37.8 Å². The van der Waals surface area contributed by atoms with Crippen LogP contribution in [0.2, 0.25) is 0 Å². The SMILES string of the molecule is CSCC(C)(O)CNC(=O)c1cccc(N)c1C. The highest BCUT2D eigenvalue weighted by atomic mass is 32.2. The quantitative estimate of drug-likeness (QED) is 0.706. The molecule has 0 heterocycles. The molecule has 5 heteroatoms. The lowest BCUT2D eigenvalue weighted by molar-refractivity contribution is 0.0724. The molecule has 4 N–H and O–H groups in total. The Balaban J connectivity index is 2.69. The monoisotopic (exact) mass is 268 g/mol. The van der Waals surface area contributed by atoms with E-state index in [2.05, 4.69) is 5.32 Å². The maximum atomic E-state index is 12.0. The molecule has 0 aliphatic heterocycles. The summed E-state index contributed by atoms with van der Waals surface area (Å²) in [6.07, 6.45) is 1.92. The van der Waals surface area contributed by atoms with Gasteiger partial charge in [0.2, 0.25) is 0 Å². The molecule has 4 nitrogen and oxygen atoms in total. The van der Waals surface area contributed by atoms with Crippen LogP contribution in [0, 0.1) is 6.92 Å². The normalized spacial score (nSPS) is 14.0. The fraction of sp³-hybridized carbons (Fsp3) is 0.462. The maximum absolute atomic E-state index is 12.0. The first-order valence-corrected chi connectivity index (χ1v) is 7.11. The lowest BCUT2D eigenvalue weighted by Crippen LogP contribution is -2.42. The number of benzene rings is 1. The smallest absolute Gasteiger partial charge is 0.251 e. The van der Waals surface area contributed by atoms with Gasteiger partial charge < -0.3 is 16.2 Å². The predicted octanol–water partition coefficient (Wildman–Crippen LogP) is 1.42. The van der Waals surface area contributed by atoms with E-state index < -0.39 is 5.60 Å². The minimum absolute atomic E-state index is 0.207. The van der Waals surface area contributed by atoms with E-state index in [9.17, 15) is 9.90 Å². The largest absolute Gasteiger partial charge is 0.398 e. The molecular weight excluding hydrogens is 248 g/mol. The van der Waals surface area contributed by atoms with E-state index in [0.29, 0.717) is 17.0 Å². The second-order valence-corrected chi connectivity index (χ2v) is 5.50. The zero-order chi connectivity index (χ0) is 13.8. The number of rotatable bonds is 5. The average molecular weight is 268 g/mol. The number of aliphatic hydroxyl groups is 1. The first-order valence-electron chi connectivity index (χ1n) is 5.72. The minimum atomic E-state index is -0.899. The van der Waals surface area contributed by atoms with Gasteiger partial charge in [0.15, 0.2) is 0 Å². The number of hydrogen-bond donors (Lipinski definition) is 3. The number of carbonyl (C=O) groups excluding carboxylic acids is 1. The zero-order valence-corrected chi connectivity index (χ0v) is 11.8.